The van der Waals surface area contributed by atoms with Gasteiger partial charge in [-0.05, 0) is 24.2 Å². The van der Waals surface area contributed by atoms with Gasteiger partial charge in [0.2, 0.25) is 0 Å². The van der Waals surface area contributed by atoms with Crippen LogP contribution < -0.4 is 5.73 Å². The van der Waals surface area contributed by atoms with Crippen molar-refractivity contribution in [1.82, 2.24) is 0 Å². The largest absolute Gasteiger partial charge is 0.392 e. The Morgan fingerprint density at radius 1 is 1.55 bits per heavy atom. The van der Waals surface area contributed by atoms with E-state index in [1.54, 1.807) is 0 Å². The number of nitrogens with two attached hydrogens (primary N) is 1. The smallest absolute Gasteiger partial charge is 0.0690 e. The van der Waals surface area contributed by atoms with Crippen molar-refractivity contribution in [3.05, 3.63) is 0 Å². The third-order valence-corrected chi connectivity index (χ3v) is 2.42. The van der Waals surface area contributed by atoms with Gasteiger partial charge in [0, 0.05) is 6.54 Å². The standard InChI is InChI=1S/C8H17NO.ClH/c1-8(2)3-6(4-8)7(10)5-9;/h6-7,10H,3-5,9H2,1-2H3;1H. The van der Waals surface area contributed by atoms with E-state index in [4.69, 9.17) is 5.73 Å². The highest BCUT2D eigenvalue weighted by Gasteiger charge is 2.39. The molecule has 1 atom stereocenters. The van der Waals surface area contributed by atoms with E-state index in [9.17, 15) is 5.11 Å². The molecule has 0 heterocycles. The van der Waals surface area contributed by atoms with Gasteiger partial charge in [-0.1, -0.05) is 13.8 Å². The minimum Gasteiger partial charge on any atom is -0.392 e. The third kappa shape index (κ3) is 2.62. The lowest BCUT2D eigenvalue weighted by Gasteiger charge is -2.44. The maximum absolute atomic E-state index is 9.28. The van der Waals surface area contributed by atoms with Crippen LogP contribution in [0.25, 0.3) is 0 Å². The molecule has 1 unspecified atom stereocenters. The van der Waals surface area contributed by atoms with Crippen molar-refractivity contribution in [3.63, 3.8) is 0 Å². The zero-order valence-corrected chi connectivity index (χ0v) is 8.03. The second-order valence-corrected chi connectivity index (χ2v) is 4.14. The summed E-state index contributed by atoms with van der Waals surface area (Å²) in [4.78, 5) is 0. The van der Waals surface area contributed by atoms with Crippen LogP contribution in [-0.4, -0.2) is 17.8 Å². The van der Waals surface area contributed by atoms with Crippen LogP contribution in [0.2, 0.25) is 0 Å². The second-order valence-electron chi connectivity index (χ2n) is 4.14. The van der Waals surface area contributed by atoms with Gasteiger partial charge in [0.25, 0.3) is 0 Å². The number of hydrogen-bond acceptors (Lipinski definition) is 2. The molecular formula is C8H18ClNO. The highest BCUT2D eigenvalue weighted by Crippen LogP contribution is 2.45. The fourth-order valence-corrected chi connectivity index (χ4v) is 1.82. The first-order valence-electron chi connectivity index (χ1n) is 3.93. The lowest BCUT2D eigenvalue weighted by Crippen LogP contribution is -2.42. The van der Waals surface area contributed by atoms with Gasteiger partial charge >= 0.3 is 0 Å². The first-order chi connectivity index (χ1) is 4.55. The molecule has 1 rings (SSSR count). The first-order valence-corrected chi connectivity index (χ1v) is 3.93. The van der Waals surface area contributed by atoms with Crippen LogP contribution in [0.4, 0.5) is 0 Å². The summed E-state index contributed by atoms with van der Waals surface area (Å²) in [5.74, 6) is 0.472. The zero-order valence-electron chi connectivity index (χ0n) is 7.21. The summed E-state index contributed by atoms with van der Waals surface area (Å²) in [7, 11) is 0. The van der Waals surface area contributed by atoms with Crippen molar-refractivity contribution in [2.75, 3.05) is 6.54 Å². The summed E-state index contributed by atoms with van der Waals surface area (Å²) in [6.07, 6.45) is 2.00. The summed E-state index contributed by atoms with van der Waals surface area (Å²) in [5, 5.41) is 9.28. The maximum atomic E-state index is 9.28. The monoisotopic (exact) mass is 179 g/mol. The number of rotatable bonds is 2. The summed E-state index contributed by atoms with van der Waals surface area (Å²) < 4.78 is 0. The average Bonchev–Trinajstić information content (AvgIpc) is 1.81. The van der Waals surface area contributed by atoms with E-state index in [0.29, 0.717) is 17.9 Å². The van der Waals surface area contributed by atoms with Crippen molar-refractivity contribution < 1.29 is 5.11 Å². The van der Waals surface area contributed by atoms with Gasteiger partial charge in [-0.15, -0.1) is 12.4 Å². The molecule has 3 N–H and O–H groups in total. The lowest BCUT2D eigenvalue weighted by atomic mass is 9.62. The summed E-state index contributed by atoms with van der Waals surface area (Å²) in [6, 6.07) is 0. The Kier molecular flexibility index (Phi) is 3.82. The highest BCUT2D eigenvalue weighted by molar-refractivity contribution is 5.85. The number of halogens is 1. The molecule has 1 aliphatic carbocycles. The van der Waals surface area contributed by atoms with Crippen LogP contribution in [0, 0.1) is 11.3 Å². The summed E-state index contributed by atoms with van der Waals surface area (Å²) in [5.41, 5.74) is 5.78. The van der Waals surface area contributed by atoms with E-state index < -0.39 is 0 Å². The molecule has 0 amide bonds. The predicted molar refractivity (Wildman–Crippen MR) is 48.8 cm³/mol. The van der Waals surface area contributed by atoms with Gasteiger partial charge in [-0.3, -0.25) is 0 Å². The molecule has 0 aromatic heterocycles. The van der Waals surface area contributed by atoms with Crippen molar-refractivity contribution in [3.8, 4) is 0 Å². The summed E-state index contributed by atoms with van der Waals surface area (Å²) in [6.45, 7) is 4.88. The van der Waals surface area contributed by atoms with Crippen LogP contribution in [0.15, 0.2) is 0 Å². The van der Waals surface area contributed by atoms with Crippen molar-refractivity contribution in [2.45, 2.75) is 32.8 Å². The Morgan fingerprint density at radius 3 is 2.27 bits per heavy atom. The molecule has 0 spiro atoms. The van der Waals surface area contributed by atoms with Crippen molar-refractivity contribution in [1.29, 1.82) is 0 Å². The molecule has 1 fully saturated rings. The Bertz CT molecular complexity index is 119. The fourth-order valence-electron chi connectivity index (χ4n) is 1.82. The number of aliphatic hydroxyl groups is 1. The molecule has 1 saturated carbocycles. The number of hydrogen-bond donors (Lipinski definition) is 2. The van der Waals surface area contributed by atoms with E-state index in [2.05, 4.69) is 13.8 Å². The molecule has 1 aliphatic rings. The molecule has 11 heavy (non-hydrogen) atoms. The van der Waals surface area contributed by atoms with Crippen molar-refractivity contribution >= 4 is 12.4 Å². The van der Waals surface area contributed by atoms with Gasteiger partial charge in [0.05, 0.1) is 6.10 Å². The maximum Gasteiger partial charge on any atom is 0.0690 e. The molecule has 0 aliphatic heterocycles. The minimum atomic E-state index is -0.256. The van der Waals surface area contributed by atoms with Gasteiger partial charge in [0.15, 0.2) is 0 Å². The van der Waals surface area contributed by atoms with Crippen LogP contribution >= 0.6 is 12.4 Å². The fraction of sp³-hybridized carbons (Fsp3) is 1.00. The second kappa shape index (κ2) is 3.74. The SMILES string of the molecule is CC1(C)CC(C(O)CN)C1.Cl. The average molecular weight is 180 g/mol. The van der Waals surface area contributed by atoms with E-state index in [-0.39, 0.29) is 18.5 Å². The Balaban J connectivity index is 0.000001000. The van der Waals surface area contributed by atoms with Crippen LogP contribution in [0.3, 0.4) is 0 Å². The van der Waals surface area contributed by atoms with Crippen LogP contribution in [-0.2, 0) is 0 Å². The Hall–Kier alpha value is 0.210. The molecular weight excluding hydrogens is 162 g/mol. The molecule has 3 heteroatoms. The van der Waals surface area contributed by atoms with Gasteiger partial charge in [-0.25, -0.2) is 0 Å². The summed E-state index contributed by atoms with van der Waals surface area (Å²) >= 11 is 0. The zero-order chi connectivity index (χ0) is 7.78. The van der Waals surface area contributed by atoms with Crippen molar-refractivity contribution in [2.24, 2.45) is 17.1 Å². The van der Waals surface area contributed by atoms with Crippen LogP contribution in [0.1, 0.15) is 26.7 Å². The Morgan fingerprint density at radius 2 is 2.00 bits per heavy atom. The predicted octanol–water partition coefficient (Wildman–Crippen LogP) is 1.16. The topological polar surface area (TPSA) is 46.2 Å². The minimum absolute atomic E-state index is 0. The van der Waals surface area contributed by atoms with E-state index in [1.807, 2.05) is 0 Å². The van der Waals surface area contributed by atoms with E-state index in [1.165, 1.54) is 0 Å². The highest BCUT2D eigenvalue weighted by atomic mass is 35.5. The Labute approximate surface area is 74.6 Å². The first kappa shape index (κ1) is 11.2. The molecule has 0 aromatic rings. The normalized spacial score (nSPS) is 25.1. The molecule has 0 aromatic carbocycles. The van der Waals surface area contributed by atoms with Gasteiger partial charge in [0.1, 0.15) is 0 Å². The third-order valence-electron chi connectivity index (χ3n) is 2.42. The lowest BCUT2D eigenvalue weighted by molar-refractivity contribution is -0.00826. The molecule has 0 radical (unpaired) electrons. The molecule has 2 nitrogen and oxygen atoms in total. The quantitative estimate of drug-likeness (QED) is 0.669. The molecule has 0 saturated heterocycles. The molecule has 68 valence electrons. The van der Waals surface area contributed by atoms with E-state index in [0.717, 1.165) is 12.8 Å². The van der Waals surface area contributed by atoms with Crippen LogP contribution in [0.5, 0.6) is 0 Å². The van der Waals surface area contributed by atoms with Gasteiger partial charge in [-0.2, -0.15) is 0 Å². The van der Waals surface area contributed by atoms with Gasteiger partial charge < -0.3 is 10.8 Å². The number of aliphatic hydroxyl groups excluding tert-OH is 1. The molecule has 0 bridgehead atoms. The van der Waals surface area contributed by atoms with E-state index >= 15 is 0 Å².